The summed E-state index contributed by atoms with van der Waals surface area (Å²) >= 11 is 0. The minimum atomic E-state index is 0.472. The largest absolute Gasteiger partial charge is 0.489 e. The lowest BCUT2D eigenvalue weighted by Crippen LogP contribution is -2.30. The molecule has 1 aromatic rings. The monoisotopic (exact) mass is 163 g/mol. The second-order valence-corrected chi connectivity index (χ2v) is 3.06. The molecule has 1 aromatic carbocycles. The van der Waals surface area contributed by atoms with Crippen LogP contribution in [0.25, 0.3) is 0 Å². The quantitative estimate of drug-likeness (QED) is 0.685. The van der Waals surface area contributed by atoms with E-state index in [1.54, 1.807) is 0 Å². The summed E-state index contributed by atoms with van der Waals surface area (Å²) in [4.78, 5) is 0. The van der Waals surface area contributed by atoms with E-state index in [1.165, 1.54) is 0 Å². The van der Waals surface area contributed by atoms with Crippen molar-refractivity contribution < 1.29 is 4.74 Å². The van der Waals surface area contributed by atoms with Gasteiger partial charge in [0.2, 0.25) is 0 Å². The van der Waals surface area contributed by atoms with E-state index in [4.69, 9.17) is 4.74 Å². The van der Waals surface area contributed by atoms with Crippen molar-refractivity contribution in [3.05, 3.63) is 24.3 Å². The lowest BCUT2D eigenvalue weighted by atomic mass is 10.2. The molecule has 0 saturated heterocycles. The molecule has 2 nitrogen and oxygen atoms in total. The molecule has 64 valence electrons. The van der Waals surface area contributed by atoms with Crippen molar-refractivity contribution in [2.45, 2.75) is 19.4 Å². The maximum atomic E-state index is 5.56. The van der Waals surface area contributed by atoms with E-state index >= 15 is 0 Å². The SMILES string of the molecule is CCC1COc2ccccc2N1. The smallest absolute Gasteiger partial charge is 0.142 e. The zero-order chi connectivity index (χ0) is 8.39. The number of nitrogens with one attached hydrogen (secondary N) is 1. The van der Waals surface area contributed by atoms with Crippen molar-refractivity contribution in [2.75, 3.05) is 11.9 Å². The molecule has 0 amide bonds. The highest BCUT2D eigenvalue weighted by Crippen LogP contribution is 2.28. The molecule has 1 aliphatic rings. The molecule has 1 heterocycles. The van der Waals surface area contributed by atoms with Crippen molar-refractivity contribution in [1.82, 2.24) is 0 Å². The normalized spacial score (nSPS) is 20.6. The minimum Gasteiger partial charge on any atom is -0.489 e. The Balaban J connectivity index is 2.23. The number of benzene rings is 1. The van der Waals surface area contributed by atoms with E-state index in [-0.39, 0.29) is 0 Å². The van der Waals surface area contributed by atoms with E-state index in [0.29, 0.717) is 6.04 Å². The van der Waals surface area contributed by atoms with Gasteiger partial charge in [0, 0.05) is 0 Å². The van der Waals surface area contributed by atoms with E-state index in [2.05, 4.69) is 18.3 Å². The molecular weight excluding hydrogens is 150 g/mol. The van der Waals surface area contributed by atoms with Crippen LogP contribution in [0, 0.1) is 0 Å². The van der Waals surface area contributed by atoms with Crippen LogP contribution >= 0.6 is 0 Å². The molecular formula is C10H13NO. The molecule has 0 aromatic heterocycles. The number of para-hydroxylation sites is 2. The lowest BCUT2D eigenvalue weighted by Gasteiger charge is -2.26. The van der Waals surface area contributed by atoms with Crippen molar-refractivity contribution in [3.63, 3.8) is 0 Å². The molecule has 1 unspecified atom stereocenters. The number of hydrogen-bond donors (Lipinski definition) is 1. The summed E-state index contributed by atoms with van der Waals surface area (Å²) in [5.41, 5.74) is 1.12. The first kappa shape index (κ1) is 7.47. The highest BCUT2D eigenvalue weighted by molar-refractivity contribution is 5.58. The van der Waals surface area contributed by atoms with Crippen LogP contribution in [0.4, 0.5) is 5.69 Å². The summed E-state index contributed by atoms with van der Waals surface area (Å²) < 4.78 is 5.56. The fourth-order valence-corrected chi connectivity index (χ4v) is 1.38. The standard InChI is InChI=1S/C10H13NO/c1-2-8-7-12-10-6-4-3-5-9(10)11-8/h3-6,8,11H,2,7H2,1H3. The summed E-state index contributed by atoms with van der Waals surface area (Å²) in [5.74, 6) is 0.974. The van der Waals surface area contributed by atoms with Crippen LogP contribution in [-0.4, -0.2) is 12.6 Å². The van der Waals surface area contributed by atoms with Crippen molar-refractivity contribution in [2.24, 2.45) is 0 Å². The van der Waals surface area contributed by atoms with Crippen LogP contribution in [0.3, 0.4) is 0 Å². The molecule has 0 aliphatic carbocycles. The molecule has 0 spiro atoms. The Morgan fingerprint density at radius 3 is 3.17 bits per heavy atom. The minimum absolute atomic E-state index is 0.472. The molecule has 1 N–H and O–H groups in total. The van der Waals surface area contributed by atoms with Gasteiger partial charge in [-0.2, -0.15) is 0 Å². The zero-order valence-corrected chi connectivity index (χ0v) is 7.21. The van der Waals surface area contributed by atoms with E-state index in [9.17, 15) is 0 Å². The fourth-order valence-electron chi connectivity index (χ4n) is 1.38. The number of anilines is 1. The molecule has 0 radical (unpaired) electrons. The van der Waals surface area contributed by atoms with E-state index in [1.807, 2.05) is 18.2 Å². The van der Waals surface area contributed by atoms with Crippen LogP contribution < -0.4 is 10.1 Å². The van der Waals surface area contributed by atoms with Gasteiger partial charge in [-0.05, 0) is 18.6 Å². The Labute approximate surface area is 72.5 Å². The summed E-state index contributed by atoms with van der Waals surface area (Å²) in [7, 11) is 0. The molecule has 12 heavy (non-hydrogen) atoms. The number of hydrogen-bond acceptors (Lipinski definition) is 2. The molecule has 0 fully saturated rings. The lowest BCUT2D eigenvalue weighted by molar-refractivity contribution is 0.281. The Bertz CT molecular complexity index is 272. The first-order valence-corrected chi connectivity index (χ1v) is 4.38. The first-order valence-electron chi connectivity index (χ1n) is 4.38. The van der Waals surface area contributed by atoms with Gasteiger partial charge in [0.15, 0.2) is 0 Å². The highest BCUT2D eigenvalue weighted by Gasteiger charge is 2.15. The van der Waals surface area contributed by atoms with Gasteiger partial charge in [-0.25, -0.2) is 0 Å². The number of fused-ring (bicyclic) bond motifs is 1. The van der Waals surface area contributed by atoms with Crippen LogP contribution in [0.5, 0.6) is 5.75 Å². The average molecular weight is 163 g/mol. The predicted molar refractivity (Wildman–Crippen MR) is 49.6 cm³/mol. The van der Waals surface area contributed by atoms with Gasteiger partial charge in [0.1, 0.15) is 12.4 Å². The van der Waals surface area contributed by atoms with Gasteiger partial charge in [0.05, 0.1) is 11.7 Å². The van der Waals surface area contributed by atoms with E-state index < -0.39 is 0 Å². The predicted octanol–water partition coefficient (Wildman–Crippen LogP) is 2.27. The number of rotatable bonds is 1. The maximum absolute atomic E-state index is 5.56. The summed E-state index contributed by atoms with van der Waals surface area (Å²) in [6.07, 6.45) is 1.11. The Kier molecular flexibility index (Phi) is 1.90. The molecule has 2 heteroatoms. The van der Waals surface area contributed by atoms with Gasteiger partial charge >= 0.3 is 0 Å². The van der Waals surface area contributed by atoms with Crippen LogP contribution in [0.15, 0.2) is 24.3 Å². The van der Waals surface area contributed by atoms with Crippen molar-refractivity contribution in [1.29, 1.82) is 0 Å². The summed E-state index contributed by atoms with van der Waals surface area (Å²) in [5, 5.41) is 3.42. The van der Waals surface area contributed by atoms with Crippen LogP contribution in [0.2, 0.25) is 0 Å². The Morgan fingerprint density at radius 2 is 2.33 bits per heavy atom. The van der Waals surface area contributed by atoms with E-state index in [0.717, 1.165) is 24.5 Å². The third-order valence-corrected chi connectivity index (χ3v) is 2.18. The van der Waals surface area contributed by atoms with Gasteiger partial charge in [0.25, 0.3) is 0 Å². The molecule has 0 bridgehead atoms. The maximum Gasteiger partial charge on any atom is 0.142 e. The molecule has 1 aliphatic heterocycles. The van der Waals surface area contributed by atoms with Crippen molar-refractivity contribution >= 4 is 5.69 Å². The fraction of sp³-hybridized carbons (Fsp3) is 0.400. The summed E-state index contributed by atoms with van der Waals surface area (Å²) in [6.45, 7) is 2.95. The van der Waals surface area contributed by atoms with Gasteiger partial charge in [-0.15, -0.1) is 0 Å². The second-order valence-electron chi connectivity index (χ2n) is 3.06. The third kappa shape index (κ3) is 1.24. The zero-order valence-electron chi connectivity index (χ0n) is 7.21. The topological polar surface area (TPSA) is 21.3 Å². The highest BCUT2D eigenvalue weighted by atomic mass is 16.5. The summed E-state index contributed by atoms with van der Waals surface area (Å²) in [6, 6.07) is 8.53. The van der Waals surface area contributed by atoms with Crippen molar-refractivity contribution in [3.8, 4) is 5.75 Å². The average Bonchev–Trinajstić information content (AvgIpc) is 2.17. The van der Waals surface area contributed by atoms with Crippen LogP contribution in [-0.2, 0) is 0 Å². The van der Waals surface area contributed by atoms with Gasteiger partial charge in [-0.3, -0.25) is 0 Å². The second kappa shape index (κ2) is 3.05. The Hall–Kier alpha value is -1.18. The molecule has 0 saturated carbocycles. The third-order valence-electron chi connectivity index (χ3n) is 2.18. The van der Waals surface area contributed by atoms with Gasteiger partial charge in [-0.1, -0.05) is 19.1 Å². The Morgan fingerprint density at radius 1 is 1.50 bits per heavy atom. The number of ether oxygens (including phenoxy) is 1. The molecule has 1 atom stereocenters. The van der Waals surface area contributed by atoms with Gasteiger partial charge < -0.3 is 10.1 Å². The molecule has 2 rings (SSSR count). The first-order chi connectivity index (χ1) is 5.90. The van der Waals surface area contributed by atoms with Crippen LogP contribution in [0.1, 0.15) is 13.3 Å².